The van der Waals surface area contributed by atoms with Crippen molar-refractivity contribution < 1.29 is 14.1 Å². The summed E-state index contributed by atoms with van der Waals surface area (Å²) >= 11 is 0. The van der Waals surface area contributed by atoms with Crippen LogP contribution in [0.2, 0.25) is 0 Å². The summed E-state index contributed by atoms with van der Waals surface area (Å²) in [5, 5.41) is 24.1. The fourth-order valence-corrected chi connectivity index (χ4v) is 3.56. The van der Waals surface area contributed by atoms with Crippen molar-refractivity contribution in [2.75, 3.05) is 11.8 Å². The predicted molar refractivity (Wildman–Crippen MR) is 112 cm³/mol. The molecule has 4 aromatic rings. The number of fused-ring (bicyclic) bond motifs is 1. The largest absolute Gasteiger partial charge is 0.504 e. The summed E-state index contributed by atoms with van der Waals surface area (Å²) in [6.07, 6.45) is 1.58. The SMILES string of the molecule is C=S(N)(=O)Nc1nnc(-c2cc(OC)c(O)cc2C)n1-c1cccc2[nH]cnc12. The minimum atomic E-state index is -3.11. The van der Waals surface area contributed by atoms with Gasteiger partial charge in [0.05, 0.1) is 24.6 Å². The molecule has 0 amide bonds. The first-order chi connectivity index (χ1) is 13.8. The zero-order valence-electron chi connectivity index (χ0n) is 15.7. The highest BCUT2D eigenvalue weighted by molar-refractivity contribution is 7.99. The third kappa shape index (κ3) is 3.37. The van der Waals surface area contributed by atoms with E-state index < -0.39 is 9.89 Å². The molecule has 0 saturated carbocycles. The van der Waals surface area contributed by atoms with Crippen LogP contribution in [0.25, 0.3) is 28.1 Å². The lowest BCUT2D eigenvalue weighted by Gasteiger charge is -2.15. The fraction of sp³-hybridized carbons (Fsp3) is 0.111. The molecule has 29 heavy (non-hydrogen) atoms. The van der Waals surface area contributed by atoms with Gasteiger partial charge < -0.3 is 14.8 Å². The lowest BCUT2D eigenvalue weighted by atomic mass is 10.1. The molecule has 5 N–H and O–H groups in total. The van der Waals surface area contributed by atoms with Crippen LogP contribution < -0.4 is 14.6 Å². The van der Waals surface area contributed by atoms with Crippen molar-refractivity contribution in [2.45, 2.75) is 6.92 Å². The quantitative estimate of drug-likeness (QED) is 0.367. The molecule has 1 atom stereocenters. The molecule has 0 aliphatic carbocycles. The number of phenolic OH excluding ortho intramolecular Hbond substituents is 1. The van der Waals surface area contributed by atoms with E-state index in [1.54, 1.807) is 23.0 Å². The summed E-state index contributed by atoms with van der Waals surface area (Å²) in [5.74, 6) is 4.29. The average Bonchev–Trinajstić information content (AvgIpc) is 3.27. The first kappa shape index (κ1) is 18.8. The van der Waals surface area contributed by atoms with E-state index in [4.69, 9.17) is 9.88 Å². The Morgan fingerprint density at radius 1 is 1.34 bits per heavy atom. The Bertz CT molecular complexity index is 1320. The Morgan fingerprint density at radius 2 is 2.14 bits per heavy atom. The Kier molecular flexibility index (Phi) is 4.40. The van der Waals surface area contributed by atoms with E-state index in [0.29, 0.717) is 22.6 Å². The number of aromatic hydroxyl groups is 1. The second-order valence-electron chi connectivity index (χ2n) is 6.43. The van der Waals surface area contributed by atoms with Crippen LogP contribution in [0.1, 0.15) is 5.56 Å². The monoisotopic (exact) mass is 413 g/mol. The van der Waals surface area contributed by atoms with Crippen molar-refractivity contribution in [1.82, 2.24) is 24.7 Å². The average molecular weight is 413 g/mol. The van der Waals surface area contributed by atoms with Crippen LogP contribution >= 0.6 is 0 Å². The van der Waals surface area contributed by atoms with Crippen molar-refractivity contribution in [3.05, 3.63) is 42.2 Å². The molecule has 0 saturated heterocycles. The summed E-state index contributed by atoms with van der Waals surface area (Å²) in [5.41, 5.74) is 3.49. The number of nitrogens with zero attached hydrogens (tertiary/aromatic N) is 4. The lowest BCUT2D eigenvalue weighted by molar-refractivity contribution is 0.373. The predicted octanol–water partition coefficient (Wildman–Crippen LogP) is 1.75. The van der Waals surface area contributed by atoms with Crippen molar-refractivity contribution >= 4 is 32.7 Å². The van der Waals surface area contributed by atoms with Gasteiger partial charge in [0.15, 0.2) is 17.3 Å². The number of aryl methyl sites for hydroxylation is 1. The molecule has 0 aliphatic rings. The van der Waals surface area contributed by atoms with Crippen LogP contribution in [-0.2, 0) is 9.89 Å². The van der Waals surface area contributed by atoms with Gasteiger partial charge in [-0.15, -0.1) is 10.2 Å². The number of nitrogens with one attached hydrogen (secondary N) is 2. The van der Waals surface area contributed by atoms with Crippen LogP contribution in [0.4, 0.5) is 5.95 Å². The number of aromatic amines is 1. The maximum absolute atomic E-state index is 12.1. The molecule has 10 nitrogen and oxygen atoms in total. The minimum Gasteiger partial charge on any atom is -0.504 e. The molecule has 11 heteroatoms. The number of methoxy groups -OCH3 is 1. The van der Waals surface area contributed by atoms with Crippen LogP contribution in [0.15, 0.2) is 36.7 Å². The van der Waals surface area contributed by atoms with E-state index >= 15 is 0 Å². The Morgan fingerprint density at radius 3 is 2.86 bits per heavy atom. The van der Waals surface area contributed by atoms with Crippen molar-refractivity contribution in [3.8, 4) is 28.6 Å². The number of hydrogen-bond donors (Lipinski definition) is 4. The third-order valence-corrected chi connectivity index (χ3v) is 4.89. The number of hydrogen-bond acceptors (Lipinski definition) is 6. The van der Waals surface area contributed by atoms with Gasteiger partial charge in [0.2, 0.25) is 5.95 Å². The molecule has 2 heterocycles. The van der Waals surface area contributed by atoms with Gasteiger partial charge in [0.1, 0.15) is 15.4 Å². The highest BCUT2D eigenvalue weighted by atomic mass is 32.2. The number of phenols is 1. The number of H-pyrrole nitrogens is 1. The van der Waals surface area contributed by atoms with Gasteiger partial charge in [-0.05, 0) is 42.6 Å². The summed E-state index contributed by atoms with van der Waals surface area (Å²) in [7, 11) is -1.65. The van der Waals surface area contributed by atoms with E-state index in [9.17, 15) is 9.32 Å². The number of imidazole rings is 1. The highest BCUT2D eigenvalue weighted by Gasteiger charge is 2.22. The zero-order valence-corrected chi connectivity index (χ0v) is 16.5. The molecule has 2 aromatic heterocycles. The van der Waals surface area contributed by atoms with Gasteiger partial charge in [-0.1, -0.05) is 6.07 Å². The van der Waals surface area contributed by atoms with Crippen molar-refractivity contribution in [3.63, 3.8) is 0 Å². The van der Waals surface area contributed by atoms with E-state index in [2.05, 4.69) is 30.8 Å². The second-order valence-corrected chi connectivity index (χ2v) is 8.08. The highest BCUT2D eigenvalue weighted by Crippen LogP contribution is 2.36. The van der Waals surface area contributed by atoms with Gasteiger partial charge in [-0.3, -0.25) is 9.29 Å². The first-order valence-electron chi connectivity index (χ1n) is 8.47. The van der Waals surface area contributed by atoms with E-state index in [1.165, 1.54) is 7.11 Å². The molecular formula is C18H19N7O3S. The summed E-state index contributed by atoms with van der Waals surface area (Å²) in [4.78, 5) is 7.43. The number of nitrogens with two attached hydrogens (primary N) is 1. The summed E-state index contributed by atoms with van der Waals surface area (Å²) in [6.45, 7) is 1.82. The number of ether oxygens (including phenoxy) is 1. The van der Waals surface area contributed by atoms with Crippen molar-refractivity contribution in [1.29, 1.82) is 0 Å². The molecule has 150 valence electrons. The normalized spacial score (nSPS) is 13.3. The molecule has 4 rings (SSSR count). The van der Waals surface area contributed by atoms with Crippen LogP contribution in [0, 0.1) is 6.92 Å². The van der Waals surface area contributed by atoms with Crippen LogP contribution in [-0.4, -0.2) is 47.0 Å². The molecule has 1 unspecified atom stereocenters. The first-order valence-corrected chi connectivity index (χ1v) is 10.3. The van der Waals surface area contributed by atoms with Crippen molar-refractivity contribution in [2.24, 2.45) is 5.14 Å². The second kappa shape index (κ2) is 6.79. The van der Waals surface area contributed by atoms with Gasteiger partial charge in [0, 0.05) is 5.56 Å². The number of para-hydroxylation sites is 1. The Hall–Kier alpha value is -3.57. The summed E-state index contributed by atoms with van der Waals surface area (Å²) in [6, 6.07) is 8.78. The number of anilines is 1. The van der Waals surface area contributed by atoms with Crippen LogP contribution in [0.3, 0.4) is 0 Å². The molecule has 2 aromatic carbocycles. The van der Waals surface area contributed by atoms with Gasteiger partial charge >= 0.3 is 0 Å². The zero-order chi connectivity index (χ0) is 20.8. The number of benzene rings is 2. The maximum Gasteiger partial charge on any atom is 0.241 e. The number of aromatic nitrogens is 5. The van der Waals surface area contributed by atoms with Gasteiger partial charge in [-0.2, -0.15) is 0 Å². The van der Waals surface area contributed by atoms with Gasteiger partial charge in [0.25, 0.3) is 0 Å². The fourth-order valence-electron chi connectivity index (χ4n) is 3.12. The standard InChI is InChI=1S/C18H19N7O3S/c1-10-7-14(26)15(28-2)8-11(10)17-22-23-18(24-29(3,19)27)25(17)13-6-4-5-12-16(13)21-9-20-12/h4-9,26H,3H2,1-2H3,(H,20,21)(H3,19,23,24,27). The van der Waals surface area contributed by atoms with Crippen LogP contribution in [0.5, 0.6) is 11.5 Å². The lowest BCUT2D eigenvalue weighted by Crippen LogP contribution is -2.23. The molecule has 0 fully saturated rings. The molecule has 0 spiro atoms. The summed E-state index contributed by atoms with van der Waals surface area (Å²) < 4.78 is 21.6. The third-order valence-electron chi connectivity index (χ3n) is 4.36. The molecule has 0 radical (unpaired) electrons. The molecular weight excluding hydrogens is 394 g/mol. The van der Waals surface area contributed by atoms with Gasteiger partial charge in [-0.25, -0.2) is 14.3 Å². The Balaban J connectivity index is 2.03. The van der Waals surface area contributed by atoms with E-state index in [0.717, 1.165) is 11.1 Å². The smallest absolute Gasteiger partial charge is 0.241 e. The van der Waals surface area contributed by atoms with E-state index in [-0.39, 0.29) is 17.4 Å². The Labute approximate surface area is 166 Å². The molecule has 0 bridgehead atoms. The topological polar surface area (TPSA) is 144 Å². The maximum atomic E-state index is 12.1. The van der Waals surface area contributed by atoms with E-state index in [1.807, 2.05) is 25.1 Å². The molecule has 0 aliphatic heterocycles. The number of rotatable bonds is 5. The minimum absolute atomic E-state index is 0.00954.